The average molecular weight is 377 g/mol. The first kappa shape index (κ1) is 17.7. The molecule has 2 aromatic carbocycles. The van der Waals surface area contributed by atoms with E-state index in [1.807, 2.05) is 18.2 Å². The zero-order valence-corrected chi connectivity index (χ0v) is 15.2. The van der Waals surface area contributed by atoms with Gasteiger partial charge in [-0.1, -0.05) is 30.3 Å². The highest BCUT2D eigenvalue weighted by Crippen LogP contribution is 2.26. The van der Waals surface area contributed by atoms with Crippen LogP contribution in [0.2, 0.25) is 0 Å². The topological polar surface area (TPSA) is 77.3 Å². The zero-order valence-electron chi connectivity index (χ0n) is 15.2. The Hall–Kier alpha value is -3.74. The molecule has 0 saturated heterocycles. The van der Waals surface area contributed by atoms with E-state index in [-0.39, 0.29) is 17.5 Å². The van der Waals surface area contributed by atoms with Gasteiger partial charge in [0.2, 0.25) is 0 Å². The largest absolute Gasteiger partial charge is 0.451 e. The zero-order chi connectivity index (χ0) is 19.7. The normalized spacial score (nSPS) is 10.8. The monoisotopic (exact) mass is 377 g/mol. The highest BCUT2D eigenvalue weighted by molar-refractivity contribution is 6.05. The summed E-state index contributed by atoms with van der Waals surface area (Å²) < 4.78 is 24.8. The summed E-state index contributed by atoms with van der Waals surface area (Å²) in [7, 11) is 0. The van der Waals surface area contributed by atoms with E-state index in [9.17, 15) is 9.18 Å². The highest BCUT2D eigenvalue weighted by atomic mass is 19.1. The molecule has 2 aromatic heterocycles. The van der Waals surface area contributed by atoms with E-state index in [1.54, 1.807) is 38.1 Å². The fourth-order valence-corrected chi connectivity index (χ4v) is 2.81. The Labute approximate surface area is 160 Å². The van der Waals surface area contributed by atoms with Crippen molar-refractivity contribution < 1.29 is 18.3 Å². The lowest BCUT2D eigenvalue weighted by Crippen LogP contribution is -2.14. The Morgan fingerprint density at radius 2 is 1.71 bits per heavy atom. The molecule has 28 heavy (non-hydrogen) atoms. The van der Waals surface area contributed by atoms with Gasteiger partial charge in [0, 0.05) is 5.39 Å². The van der Waals surface area contributed by atoms with E-state index >= 15 is 0 Å². The van der Waals surface area contributed by atoms with Crippen molar-refractivity contribution in [3.63, 3.8) is 0 Å². The van der Waals surface area contributed by atoms with Crippen molar-refractivity contribution in [3.05, 3.63) is 77.6 Å². The molecule has 0 atom stereocenters. The van der Waals surface area contributed by atoms with Crippen LogP contribution in [0.15, 0.2) is 59.0 Å². The molecule has 0 saturated carbocycles. The van der Waals surface area contributed by atoms with E-state index in [0.717, 1.165) is 5.39 Å². The fraction of sp³-hybridized carbons (Fsp3) is 0.0952. The van der Waals surface area contributed by atoms with E-state index in [4.69, 9.17) is 9.15 Å². The molecule has 0 aliphatic carbocycles. The van der Waals surface area contributed by atoms with Gasteiger partial charge in [-0.15, -0.1) is 0 Å². The summed E-state index contributed by atoms with van der Waals surface area (Å²) in [4.78, 5) is 21.0. The number of nitrogens with one attached hydrogen (secondary N) is 1. The number of carbonyl (C=O) groups excluding carboxylic acids is 1. The number of carbonyl (C=O) groups is 1. The molecule has 140 valence electrons. The van der Waals surface area contributed by atoms with Gasteiger partial charge in [0.1, 0.15) is 5.58 Å². The van der Waals surface area contributed by atoms with Gasteiger partial charge in [-0.3, -0.25) is 4.79 Å². The average Bonchev–Trinajstić information content (AvgIpc) is 3.11. The molecule has 4 aromatic rings. The molecule has 0 aliphatic rings. The van der Waals surface area contributed by atoms with Gasteiger partial charge in [0.05, 0.1) is 17.1 Å². The van der Waals surface area contributed by atoms with Crippen molar-refractivity contribution in [1.29, 1.82) is 0 Å². The number of halogens is 1. The molecular formula is C21H16FN3O3. The minimum Gasteiger partial charge on any atom is -0.451 e. The summed E-state index contributed by atoms with van der Waals surface area (Å²) >= 11 is 0. The number of fused-ring (bicyclic) bond motifs is 1. The molecule has 0 aliphatic heterocycles. The number of benzene rings is 2. The Bertz CT molecular complexity index is 1130. The Morgan fingerprint density at radius 1 is 1.04 bits per heavy atom. The third-order valence-corrected chi connectivity index (χ3v) is 4.18. The lowest BCUT2D eigenvalue weighted by Gasteiger charge is -2.12. The van der Waals surface area contributed by atoms with Crippen molar-refractivity contribution in [2.45, 2.75) is 13.8 Å². The second-order valence-corrected chi connectivity index (χ2v) is 6.19. The van der Waals surface area contributed by atoms with Crippen LogP contribution in [0.4, 0.5) is 10.1 Å². The van der Waals surface area contributed by atoms with E-state index in [0.29, 0.717) is 22.7 Å². The Kier molecular flexibility index (Phi) is 4.49. The second-order valence-electron chi connectivity index (χ2n) is 6.19. The number of anilines is 1. The molecule has 0 fully saturated rings. The number of aryl methyl sites for hydroxylation is 2. The second kappa shape index (κ2) is 7.11. The van der Waals surface area contributed by atoms with Crippen LogP contribution in [0.3, 0.4) is 0 Å². The number of furan rings is 1. The van der Waals surface area contributed by atoms with Crippen LogP contribution >= 0.6 is 0 Å². The van der Waals surface area contributed by atoms with E-state index in [2.05, 4.69) is 15.3 Å². The quantitative estimate of drug-likeness (QED) is 0.540. The van der Waals surface area contributed by atoms with Gasteiger partial charge in [-0.25, -0.2) is 4.39 Å². The van der Waals surface area contributed by atoms with Crippen LogP contribution in [-0.4, -0.2) is 15.9 Å². The summed E-state index contributed by atoms with van der Waals surface area (Å²) in [6, 6.07) is 15.0. The first-order chi connectivity index (χ1) is 13.5. The lowest BCUT2D eigenvalue weighted by atomic mass is 10.2. The summed E-state index contributed by atoms with van der Waals surface area (Å²) in [5, 5.41) is 3.61. The molecule has 1 N–H and O–H groups in total. The maximum atomic E-state index is 13.8. The first-order valence-electron chi connectivity index (χ1n) is 8.59. The molecule has 0 radical (unpaired) electrons. The van der Waals surface area contributed by atoms with Crippen molar-refractivity contribution in [2.24, 2.45) is 0 Å². The van der Waals surface area contributed by atoms with Gasteiger partial charge in [-0.05, 0) is 38.1 Å². The molecule has 7 heteroatoms. The third kappa shape index (κ3) is 3.42. The van der Waals surface area contributed by atoms with Gasteiger partial charge in [0.15, 0.2) is 17.3 Å². The highest BCUT2D eigenvalue weighted by Gasteiger charge is 2.17. The number of hydrogen-bond acceptors (Lipinski definition) is 5. The summed E-state index contributed by atoms with van der Waals surface area (Å²) in [5.41, 5.74) is 2.06. The van der Waals surface area contributed by atoms with Crippen molar-refractivity contribution >= 4 is 22.6 Å². The smallest absolute Gasteiger partial charge is 0.322 e. The van der Waals surface area contributed by atoms with Crippen molar-refractivity contribution in [2.75, 3.05) is 5.32 Å². The number of ether oxygens (including phenoxy) is 1. The summed E-state index contributed by atoms with van der Waals surface area (Å²) in [5.74, 6) is -0.704. The molecule has 0 unspecified atom stereocenters. The third-order valence-electron chi connectivity index (χ3n) is 4.18. The molecule has 0 bridgehead atoms. The van der Waals surface area contributed by atoms with Crippen molar-refractivity contribution in [3.8, 4) is 11.8 Å². The molecular weight excluding hydrogens is 361 g/mol. The maximum absolute atomic E-state index is 13.8. The van der Waals surface area contributed by atoms with Crippen LogP contribution in [0.1, 0.15) is 21.9 Å². The van der Waals surface area contributed by atoms with Gasteiger partial charge >= 0.3 is 6.01 Å². The van der Waals surface area contributed by atoms with Crippen LogP contribution in [0.25, 0.3) is 11.0 Å². The minimum atomic E-state index is -0.510. The summed E-state index contributed by atoms with van der Waals surface area (Å²) in [6.07, 6.45) is 0. The Balaban J connectivity index is 1.58. The number of amides is 1. The lowest BCUT2D eigenvalue weighted by molar-refractivity contribution is 0.0998. The minimum absolute atomic E-state index is 0.00170. The van der Waals surface area contributed by atoms with Gasteiger partial charge < -0.3 is 14.5 Å². The van der Waals surface area contributed by atoms with Crippen LogP contribution in [0, 0.1) is 19.7 Å². The molecule has 0 spiro atoms. The van der Waals surface area contributed by atoms with Crippen LogP contribution < -0.4 is 10.1 Å². The Morgan fingerprint density at radius 3 is 2.43 bits per heavy atom. The SMILES string of the molecule is Cc1nc(Oc2ccccc2F)nc(C)c1NC(=O)c1cc2ccccc2o1. The number of para-hydroxylation sites is 2. The van der Waals surface area contributed by atoms with Crippen LogP contribution in [-0.2, 0) is 0 Å². The molecule has 2 heterocycles. The standard InChI is InChI=1S/C21H16FN3O3/c1-12-19(25-20(26)18-11-14-7-3-5-9-16(14)27-18)13(2)24-21(23-12)28-17-10-6-4-8-15(17)22/h3-11H,1-2H3,(H,25,26). The first-order valence-corrected chi connectivity index (χ1v) is 8.59. The number of nitrogens with zero attached hydrogens (tertiary/aromatic N) is 2. The fourth-order valence-electron chi connectivity index (χ4n) is 2.81. The maximum Gasteiger partial charge on any atom is 0.322 e. The molecule has 6 nitrogen and oxygen atoms in total. The predicted octanol–water partition coefficient (Wildman–Crippen LogP) is 5.02. The number of aromatic nitrogens is 2. The number of rotatable bonds is 4. The van der Waals surface area contributed by atoms with Gasteiger partial charge in [0.25, 0.3) is 5.91 Å². The van der Waals surface area contributed by atoms with E-state index in [1.165, 1.54) is 12.1 Å². The number of hydrogen-bond donors (Lipinski definition) is 1. The predicted molar refractivity (Wildman–Crippen MR) is 102 cm³/mol. The molecule has 4 rings (SSSR count). The van der Waals surface area contributed by atoms with Gasteiger partial charge in [-0.2, -0.15) is 9.97 Å². The van der Waals surface area contributed by atoms with Crippen LogP contribution in [0.5, 0.6) is 11.8 Å². The molecule has 1 amide bonds. The van der Waals surface area contributed by atoms with Crippen molar-refractivity contribution in [1.82, 2.24) is 9.97 Å². The summed E-state index contributed by atoms with van der Waals surface area (Å²) in [6.45, 7) is 3.41. The van der Waals surface area contributed by atoms with E-state index < -0.39 is 11.7 Å².